The van der Waals surface area contributed by atoms with Crippen LogP contribution in [-0.2, 0) is 4.79 Å². The van der Waals surface area contributed by atoms with Crippen molar-refractivity contribution in [3.8, 4) is 0 Å². The lowest BCUT2D eigenvalue weighted by atomic mass is 9.62. The van der Waals surface area contributed by atoms with Crippen molar-refractivity contribution < 1.29 is 4.79 Å². The fraction of sp³-hybridized carbons (Fsp3) is 0.986. The molecule has 5 saturated heterocycles. The van der Waals surface area contributed by atoms with Crippen LogP contribution in [0.1, 0.15) is 283 Å². The number of nitrogens with one attached hydrogen (secondary N) is 2. The summed E-state index contributed by atoms with van der Waals surface area (Å²) < 4.78 is 0. The summed E-state index contributed by atoms with van der Waals surface area (Å²) in [6.45, 7) is 6.17. The molecule has 2 N–H and O–H groups in total. The van der Waals surface area contributed by atoms with Crippen LogP contribution < -0.4 is 10.6 Å². The van der Waals surface area contributed by atoms with Crippen molar-refractivity contribution in [3.05, 3.63) is 0 Å². The van der Waals surface area contributed by atoms with Crippen molar-refractivity contribution in [1.82, 2.24) is 35.1 Å². The first-order chi connectivity index (χ1) is 40.1. The molecule has 15 aliphatic rings. The predicted octanol–water partition coefficient (Wildman–Crippen LogP) is 14.3. The van der Waals surface area contributed by atoms with E-state index in [1.807, 2.05) is 0 Å². The number of hydrogen-bond acceptors (Lipinski definition) is 8. The zero-order chi connectivity index (χ0) is 53.8. The molecule has 0 aromatic carbocycles. The number of likely N-dealkylation sites (tertiary alicyclic amines) is 3. The summed E-state index contributed by atoms with van der Waals surface area (Å²) in [4.78, 5) is 29.9. The number of piperidine rings is 3. The molecule has 0 amide bonds. The van der Waals surface area contributed by atoms with Crippen LogP contribution >= 0.6 is 0 Å². The predicted molar refractivity (Wildman–Crippen MR) is 332 cm³/mol. The molecular weight excluding hydrogens is 991 g/mol. The number of fused-ring (bicyclic) bond motifs is 7. The van der Waals surface area contributed by atoms with Crippen LogP contribution in [0, 0.1) is 53.3 Å². The SMILES string of the molecule is O=C1CCN(C2CC(C3CCC(N4C5CCNCC5C5CC(N(C6CCCCC6)C6CCCCC6)CCC54)CC3)CC(C3CCC(N4C5CCNCC5C5CC(N(C6CCCCC6)C6CCCCC6)CCC54)CC3)C2)C2CCCCC12. The minimum absolute atomic E-state index is 0.346. The lowest BCUT2D eigenvalue weighted by Gasteiger charge is -2.53. The van der Waals surface area contributed by atoms with Gasteiger partial charge < -0.3 is 10.6 Å². The van der Waals surface area contributed by atoms with Gasteiger partial charge in [0.2, 0.25) is 0 Å². The highest BCUT2D eigenvalue weighted by Crippen LogP contribution is 2.55. The number of carbonyl (C=O) groups is 1. The second-order valence-corrected chi connectivity index (χ2v) is 32.7. The maximum Gasteiger partial charge on any atom is 0.138 e. The Kier molecular flexibility index (Phi) is 18.1. The second kappa shape index (κ2) is 25.8. The van der Waals surface area contributed by atoms with Crippen molar-refractivity contribution in [3.63, 3.8) is 0 Å². The van der Waals surface area contributed by atoms with Crippen LogP contribution in [0.15, 0.2) is 0 Å². The molecule has 14 atom stereocenters. The summed E-state index contributed by atoms with van der Waals surface area (Å²) >= 11 is 0. The van der Waals surface area contributed by atoms with Gasteiger partial charge in [0, 0.05) is 103 Å². The fourth-order valence-electron chi connectivity index (χ4n) is 25.9. The molecule has 0 spiro atoms. The van der Waals surface area contributed by atoms with Gasteiger partial charge in [0.05, 0.1) is 0 Å². The van der Waals surface area contributed by atoms with Crippen molar-refractivity contribution >= 4 is 5.78 Å². The van der Waals surface area contributed by atoms with Gasteiger partial charge in [-0.2, -0.15) is 0 Å². The monoisotopic (exact) mass is 1110 g/mol. The van der Waals surface area contributed by atoms with Crippen LogP contribution in [0.2, 0.25) is 0 Å². The molecule has 456 valence electrons. The Hall–Kier alpha value is -0.610. The topological polar surface area (TPSA) is 57.3 Å². The molecule has 5 aliphatic heterocycles. The van der Waals surface area contributed by atoms with Gasteiger partial charge in [-0.3, -0.25) is 29.3 Å². The quantitative estimate of drug-likeness (QED) is 0.212. The van der Waals surface area contributed by atoms with E-state index in [4.69, 9.17) is 0 Å². The Labute approximate surface area is 496 Å². The number of rotatable bonds is 11. The van der Waals surface area contributed by atoms with Gasteiger partial charge >= 0.3 is 0 Å². The van der Waals surface area contributed by atoms with Crippen molar-refractivity contribution in [2.24, 2.45) is 53.3 Å². The first kappa shape index (κ1) is 56.9. The van der Waals surface area contributed by atoms with E-state index < -0.39 is 0 Å². The molecule has 5 heterocycles. The molecule has 0 aromatic rings. The van der Waals surface area contributed by atoms with Crippen molar-refractivity contribution in [1.29, 1.82) is 0 Å². The Morgan fingerprint density at radius 1 is 0.321 bits per heavy atom. The molecule has 0 radical (unpaired) electrons. The van der Waals surface area contributed by atoms with E-state index in [2.05, 4.69) is 35.1 Å². The minimum Gasteiger partial charge on any atom is -0.316 e. The normalized spacial score (nSPS) is 46.2. The molecule has 15 rings (SSSR count). The van der Waals surface area contributed by atoms with E-state index in [1.165, 1.54) is 302 Å². The van der Waals surface area contributed by atoms with Crippen molar-refractivity contribution in [2.45, 2.75) is 367 Å². The number of hydrogen-bond donors (Lipinski definition) is 2. The zero-order valence-corrected chi connectivity index (χ0v) is 52.1. The Morgan fingerprint density at radius 3 is 1.17 bits per heavy atom. The van der Waals surface area contributed by atoms with E-state index >= 15 is 0 Å². The van der Waals surface area contributed by atoms with Gasteiger partial charge in [0.25, 0.3) is 0 Å². The van der Waals surface area contributed by atoms with Crippen LogP contribution in [0.3, 0.4) is 0 Å². The molecule has 15 fully saturated rings. The molecule has 8 heteroatoms. The molecule has 10 saturated carbocycles. The van der Waals surface area contributed by atoms with Crippen LogP contribution in [0.5, 0.6) is 0 Å². The number of ketones is 1. The average molecular weight is 1110 g/mol. The summed E-state index contributed by atoms with van der Waals surface area (Å²) in [5, 5.41) is 8.02. The van der Waals surface area contributed by atoms with Crippen LogP contribution in [0.4, 0.5) is 0 Å². The molecule has 81 heavy (non-hydrogen) atoms. The lowest BCUT2D eigenvalue weighted by molar-refractivity contribution is -0.133. The van der Waals surface area contributed by atoms with Gasteiger partial charge in [-0.15, -0.1) is 0 Å². The highest BCUT2D eigenvalue weighted by Gasteiger charge is 2.57. The minimum atomic E-state index is 0.346. The highest BCUT2D eigenvalue weighted by atomic mass is 16.1. The average Bonchev–Trinajstić information content (AvgIpc) is 4.07. The van der Waals surface area contributed by atoms with Gasteiger partial charge in [-0.1, -0.05) is 89.9 Å². The van der Waals surface area contributed by atoms with Crippen LogP contribution in [-0.4, -0.2) is 148 Å². The van der Waals surface area contributed by atoms with Gasteiger partial charge in [0.15, 0.2) is 0 Å². The van der Waals surface area contributed by atoms with Gasteiger partial charge in [0.1, 0.15) is 5.78 Å². The standard InChI is InChI=1S/C73H123N7O/c81-73-39-42-76(68-24-14-13-23-63(68)73)62-44-52(50-25-29-58(30-26-50)79-69-35-33-60(46-64(69)66-48-74-40-37-71(66)79)77(54-15-5-1-6-16-54)55-17-7-2-8-18-55)43-53(45-62)51-27-31-59(32-28-51)80-70-36-34-61(47-65(70)67-49-75-41-38-72(67)80)78(56-19-9-3-10-20-56)57-21-11-4-12-22-57/h50-72,74-75H,1-49H2. The highest BCUT2D eigenvalue weighted by molar-refractivity contribution is 5.82. The lowest BCUT2D eigenvalue weighted by Crippen LogP contribution is -2.57. The van der Waals surface area contributed by atoms with Gasteiger partial charge in [-0.25, -0.2) is 0 Å². The van der Waals surface area contributed by atoms with Crippen LogP contribution in [0.25, 0.3) is 0 Å². The van der Waals surface area contributed by atoms with E-state index in [0.29, 0.717) is 17.7 Å². The molecule has 10 aliphatic carbocycles. The Balaban J connectivity index is 0.622. The largest absolute Gasteiger partial charge is 0.316 e. The first-order valence-electron chi connectivity index (χ1n) is 37.9. The summed E-state index contributed by atoms with van der Waals surface area (Å²) in [6, 6.07) is 11.6. The van der Waals surface area contributed by atoms with E-state index in [1.54, 1.807) is 0 Å². The summed E-state index contributed by atoms with van der Waals surface area (Å²) in [5.74, 6) is 8.23. The summed E-state index contributed by atoms with van der Waals surface area (Å²) in [6.07, 6.45) is 63.9. The van der Waals surface area contributed by atoms with E-state index in [-0.39, 0.29) is 0 Å². The fourth-order valence-corrected chi connectivity index (χ4v) is 25.9. The number of nitrogens with zero attached hydrogens (tertiary/aromatic N) is 5. The smallest absolute Gasteiger partial charge is 0.138 e. The molecule has 0 aromatic heterocycles. The second-order valence-electron chi connectivity index (χ2n) is 32.7. The number of Topliss-reactive ketones (excluding diaryl/α,β-unsaturated/α-hetero) is 1. The molecular formula is C73H123N7O. The third kappa shape index (κ3) is 11.5. The maximum absolute atomic E-state index is 13.6. The third-order valence-electron chi connectivity index (χ3n) is 29.2. The summed E-state index contributed by atoms with van der Waals surface area (Å²) in [5.41, 5.74) is 0. The van der Waals surface area contributed by atoms with Crippen molar-refractivity contribution in [2.75, 3.05) is 32.7 Å². The summed E-state index contributed by atoms with van der Waals surface area (Å²) in [7, 11) is 0. The maximum atomic E-state index is 13.6. The van der Waals surface area contributed by atoms with E-state index in [9.17, 15) is 4.79 Å². The Bertz CT molecular complexity index is 1860. The van der Waals surface area contributed by atoms with Gasteiger partial charge in [-0.05, 0) is 260 Å². The zero-order valence-electron chi connectivity index (χ0n) is 52.1. The molecule has 8 nitrogen and oxygen atoms in total. The number of carbonyl (C=O) groups excluding carboxylic acids is 1. The molecule has 14 unspecified atom stereocenters. The third-order valence-corrected chi connectivity index (χ3v) is 29.2. The Morgan fingerprint density at radius 2 is 0.728 bits per heavy atom. The molecule has 0 bridgehead atoms. The van der Waals surface area contributed by atoms with E-state index in [0.717, 1.165) is 139 Å². The first-order valence-corrected chi connectivity index (χ1v) is 37.9.